The minimum Gasteiger partial charge on any atom is -0.312 e. The molecule has 1 aromatic rings. The number of rotatable bonds is 10. The van der Waals surface area contributed by atoms with Crippen LogP contribution in [0.2, 0.25) is 0 Å². The first-order valence-corrected chi connectivity index (χ1v) is 8.82. The summed E-state index contributed by atoms with van der Waals surface area (Å²) in [5, 5.41) is 4.74. The minimum absolute atomic E-state index is 0.674. The molecule has 0 atom stereocenters. The molecule has 0 aromatic carbocycles. The van der Waals surface area contributed by atoms with E-state index in [1.165, 1.54) is 15.6 Å². The molecule has 0 aliphatic heterocycles. The molecule has 1 heterocycles. The number of aromatic nitrogens is 1. The van der Waals surface area contributed by atoms with Crippen molar-refractivity contribution in [3.8, 4) is 0 Å². The van der Waals surface area contributed by atoms with Crippen molar-refractivity contribution in [2.24, 2.45) is 5.92 Å². The molecule has 0 saturated carbocycles. The molecule has 0 aliphatic rings. The quantitative estimate of drug-likeness (QED) is 0.718. The number of thiazole rings is 1. The van der Waals surface area contributed by atoms with Gasteiger partial charge in [-0.25, -0.2) is 4.98 Å². The summed E-state index contributed by atoms with van der Waals surface area (Å²) < 4.78 is 0. The van der Waals surface area contributed by atoms with Crippen molar-refractivity contribution >= 4 is 11.3 Å². The van der Waals surface area contributed by atoms with Crippen molar-refractivity contribution in [1.29, 1.82) is 0 Å². The van der Waals surface area contributed by atoms with Crippen LogP contribution >= 0.6 is 11.3 Å². The summed E-state index contributed by atoms with van der Waals surface area (Å²) in [6, 6.07) is 0. The van der Waals surface area contributed by atoms with Gasteiger partial charge in [0.2, 0.25) is 0 Å². The average molecular weight is 298 g/mol. The molecule has 1 N–H and O–H groups in total. The first-order valence-electron chi connectivity index (χ1n) is 8.01. The van der Waals surface area contributed by atoms with E-state index in [9.17, 15) is 0 Å². The Morgan fingerprint density at radius 1 is 1.20 bits per heavy atom. The molecule has 0 fully saturated rings. The Labute approximate surface area is 128 Å². The molecule has 0 amide bonds. The second kappa shape index (κ2) is 9.48. The van der Waals surface area contributed by atoms with E-state index in [1.54, 1.807) is 0 Å². The highest BCUT2D eigenvalue weighted by molar-refractivity contribution is 7.11. The monoisotopic (exact) mass is 297 g/mol. The van der Waals surface area contributed by atoms with Gasteiger partial charge in [-0.2, -0.15) is 0 Å². The van der Waals surface area contributed by atoms with E-state index < -0.39 is 0 Å². The van der Waals surface area contributed by atoms with Crippen LogP contribution in [0.4, 0.5) is 0 Å². The third-order valence-electron chi connectivity index (χ3n) is 3.50. The molecule has 116 valence electrons. The smallest absolute Gasteiger partial charge is 0.0944 e. The fourth-order valence-corrected chi connectivity index (χ4v) is 3.31. The van der Waals surface area contributed by atoms with Crippen LogP contribution in [0.5, 0.6) is 0 Å². The van der Waals surface area contributed by atoms with Crippen LogP contribution in [-0.4, -0.2) is 36.1 Å². The normalized spacial score (nSPS) is 11.8. The van der Waals surface area contributed by atoms with Crippen molar-refractivity contribution in [3.63, 3.8) is 0 Å². The van der Waals surface area contributed by atoms with E-state index in [2.05, 4.69) is 44.8 Å². The van der Waals surface area contributed by atoms with Gasteiger partial charge < -0.3 is 10.2 Å². The zero-order valence-corrected chi connectivity index (χ0v) is 14.6. The van der Waals surface area contributed by atoms with Crippen molar-refractivity contribution in [1.82, 2.24) is 15.2 Å². The highest BCUT2D eigenvalue weighted by atomic mass is 32.1. The number of nitrogens with zero attached hydrogens (tertiary/aromatic N) is 2. The average Bonchev–Trinajstić information content (AvgIpc) is 2.79. The van der Waals surface area contributed by atoms with E-state index in [4.69, 9.17) is 4.98 Å². The van der Waals surface area contributed by atoms with Crippen molar-refractivity contribution < 1.29 is 0 Å². The second-order valence-electron chi connectivity index (χ2n) is 5.63. The van der Waals surface area contributed by atoms with Gasteiger partial charge in [0.25, 0.3) is 0 Å². The Balaban J connectivity index is 2.68. The van der Waals surface area contributed by atoms with Crippen molar-refractivity contribution in [2.75, 3.05) is 26.2 Å². The summed E-state index contributed by atoms with van der Waals surface area (Å²) in [6.45, 7) is 16.5. The van der Waals surface area contributed by atoms with Crippen molar-refractivity contribution in [2.45, 2.75) is 54.0 Å². The van der Waals surface area contributed by atoms with E-state index in [1.807, 2.05) is 11.3 Å². The lowest BCUT2D eigenvalue weighted by Gasteiger charge is -2.16. The lowest BCUT2D eigenvalue weighted by Crippen LogP contribution is -2.25. The van der Waals surface area contributed by atoms with Crippen LogP contribution in [-0.2, 0) is 19.4 Å². The Bertz CT molecular complexity index is 370. The fraction of sp³-hybridized carbons (Fsp3) is 0.812. The topological polar surface area (TPSA) is 28.2 Å². The zero-order valence-electron chi connectivity index (χ0n) is 13.8. The van der Waals surface area contributed by atoms with Gasteiger partial charge in [-0.1, -0.05) is 34.6 Å². The van der Waals surface area contributed by atoms with Crippen molar-refractivity contribution in [3.05, 3.63) is 15.6 Å². The van der Waals surface area contributed by atoms with Crippen LogP contribution in [0, 0.1) is 5.92 Å². The Kier molecular flexibility index (Phi) is 8.34. The summed E-state index contributed by atoms with van der Waals surface area (Å²) in [5.74, 6) is 0.674. The SMILES string of the molecule is CCNCc1sc(CCN(CC)CC)nc1CC(C)C. The molecule has 0 radical (unpaired) electrons. The summed E-state index contributed by atoms with van der Waals surface area (Å²) in [6.07, 6.45) is 2.19. The van der Waals surface area contributed by atoms with Gasteiger partial charge in [0.05, 0.1) is 10.7 Å². The predicted octanol–water partition coefficient (Wildman–Crippen LogP) is 3.34. The standard InChI is InChI=1S/C16H31N3S/c1-6-17-12-15-14(11-13(4)5)18-16(20-15)9-10-19(7-2)8-3/h13,17H,6-12H2,1-5H3. The molecule has 1 rings (SSSR count). The highest BCUT2D eigenvalue weighted by Gasteiger charge is 2.12. The third kappa shape index (κ3) is 5.90. The van der Waals surface area contributed by atoms with Gasteiger partial charge >= 0.3 is 0 Å². The molecule has 1 aromatic heterocycles. The molecule has 0 bridgehead atoms. The van der Waals surface area contributed by atoms with Gasteiger partial charge in [-0.3, -0.25) is 0 Å². The highest BCUT2D eigenvalue weighted by Crippen LogP contribution is 2.22. The van der Waals surface area contributed by atoms with Gasteiger partial charge in [0.1, 0.15) is 0 Å². The predicted molar refractivity (Wildman–Crippen MR) is 89.5 cm³/mol. The number of hydrogen-bond donors (Lipinski definition) is 1. The lowest BCUT2D eigenvalue weighted by atomic mass is 10.1. The first kappa shape index (κ1) is 17.6. The molecule has 20 heavy (non-hydrogen) atoms. The van der Waals surface area contributed by atoms with Crippen LogP contribution in [0.15, 0.2) is 0 Å². The van der Waals surface area contributed by atoms with Gasteiger partial charge in [-0.05, 0) is 32.0 Å². The summed E-state index contributed by atoms with van der Waals surface area (Å²) in [5.41, 5.74) is 1.32. The zero-order chi connectivity index (χ0) is 15.0. The molecule has 3 nitrogen and oxygen atoms in total. The molecular formula is C16H31N3S. The van der Waals surface area contributed by atoms with E-state index >= 15 is 0 Å². The van der Waals surface area contributed by atoms with Crippen LogP contribution < -0.4 is 5.32 Å². The Morgan fingerprint density at radius 3 is 2.45 bits per heavy atom. The van der Waals surface area contributed by atoms with Crippen LogP contribution in [0.3, 0.4) is 0 Å². The number of likely N-dealkylation sites (N-methyl/N-ethyl adjacent to an activating group) is 1. The summed E-state index contributed by atoms with van der Waals surface area (Å²) >= 11 is 1.90. The largest absolute Gasteiger partial charge is 0.312 e. The maximum atomic E-state index is 4.90. The fourth-order valence-electron chi connectivity index (χ4n) is 2.26. The van der Waals surface area contributed by atoms with Crippen LogP contribution in [0.1, 0.15) is 50.2 Å². The Morgan fingerprint density at radius 2 is 1.90 bits per heavy atom. The second-order valence-corrected chi connectivity index (χ2v) is 6.80. The molecular weight excluding hydrogens is 266 g/mol. The molecule has 0 aliphatic carbocycles. The van der Waals surface area contributed by atoms with Gasteiger partial charge in [0.15, 0.2) is 0 Å². The maximum absolute atomic E-state index is 4.90. The van der Waals surface area contributed by atoms with Gasteiger partial charge in [0, 0.05) is 24.4 Å². The first-order chi connectivity index (χ1) is 9.60. The lowest BCUT2D eigenvalue weighted by molar-refractivity contribution is 0.308. The summed E-state index contributed by atoms with van der Waals surface area (Å²) in [7, 11) is 0. The molecule has 4 heteroatoms. The number of nitrogens with one attached hydrogen (secondary N) is 1. The van der Waals surface area contributed by atoms with Crippen LogP contribution in [0.25, 0.3) is 0 Å². The van der Waals surface area contributed by atoms with E-state index in [0.717, 1.165) is 45.6 Å². The minimum atomic E-state index is 0.674. The van der Waals surface area contributed by atoms with E-state index in [-0.39, 0.29) is 0 Å². The van der Waals surface area contributed by atoms with E-state index in [0.29, 0.717) is 5.92 Å². The summed E-state index contributed by atoms with van der Waals surface area (Å²) in [4.78, 5) is 8.80. The molecule has 0 spiro atoms. The maximum Gasteiger partial charge on any atom is 0.0944 e. The van der Waals surface area contributed by atoms with Gasteiger partial charge in [-0.15, -0.1) is 11.3 Å². The third-order valence-corrected chi connectivity index (χ3v) is 4.65. The molecule has 0 saturated heterocycles. The molecule has 0 unspecified atom stereocenters. The number of hydrogen-bond acceptors (Lipinski definition) is 4. The Hall–Kier alpha value is -0.450.